The van der Waals surface area contributed by atoms with Crippen LogP contribution in [0.1, 0.15) is 42.1 Å². The van der Waals surface area contributed by atoms with Gasteiger partial charge >= 0.3 is 5.97 Å². The molecule has 2 rings (SSSR count). The number of rotatable bonds is 4. The van der Waals surface area contributed by atoms with Crippen LogP contribution in [0.3, 0.4) is 0 Å². The number of nitrogens with one attached hydrogen (secondary N) is 1. The van der Waals surface area contributed by atoms with Gasteiger partial charge in [0.15, 0.2) is 0 Å². The first-order valence-electron chi connectivity index (χ1n) is 6.76. The lowest BCUT2D eigenvalue weighted by Gasteiger charge is -2.14. The first kappa shape index (κ1) is 16.5. The second kappa shape index (κ2) is 6.06. The summed E-state index contributed by atoms with van der Waals surface area (Å²) >= 11 is 3.22. The van der Waals surface area contributed by atoms with E-state index >= 15 is 0 Å². The molecule has 0 radical (unpaired) electrons. The first-order chi connectivity index (χ1) is 9.70. The highest BCUT2D eigenvalue weighted by Gasteiger charge is 2.27. The fraction of sp³-hybridized carbons (Fsp3) is 0.500. The van der Waals surface area contributed by atoms with Crippen molar-refractivity contribution in [3.63, 3.8) is 0 Å². The Morgan fingerprint density at radius 1 is 1.38 bits per heavy atom. The molecule has 0 aliphatic heterocycles. The fourth-order valence-electron chi connectivity index (χ4n) is 2.63. The molecule has 5 nitrogen and oxygen atoms in total. The van der Waals surface area contributed by atoms with E-state index in [1.807, 2.05) is 0 Å². The topological polar surface area (TPSA) is 83.5 Å². The Bertz CT molecular complexity index is 672. The lowest BCUT2D eigenvalue weighted by atomic mass is 10.1. The molecule has 2 unspecified atom stereocenters. The summed E-state index contributed by atoms with van der Waals surface area (Å²) in [5, 5.41) is 9.16. The van der Waals surface area contributed by atoms with Crippen LogP contribution in [0.15, 0.2) is 21.5 Å². The fourth-order valence-corrected chi connectivity index (χ4v) is 4.58. The maximum absolute atomic E-state index is 12.4. The number of aromatic carboxylic acids is 1. The van der Waals surface area contributed by atoms with Crippen molar-refractivity contribution in [2.45, 2.75) is 44.0 Å². The summed E-state index contributed by atoms with van der Waals surface area (Å²) < 4.78 is 28.0. The maximum atomic E-state index is 12.4. The monoisotopic (exact) mass is 375 g/mol. The molecule has 1 aromatic carbocycles. The smallest absolute Gasteiger partial charge is 0.336 e. The van der Waals surface area contributed by atoms with Crippen LogP contribution < -0.4 is 4.72 Å². The van der Waals surface area contributed by atoms with E-state index in [1.165, 1.54) is 12.1 Å². The van der Waals surface area contributed by atoms with Crippen LogP contribution in [0.25, 0.3) is 0 Å². The van der Waals surface area contributed by atoms with Crippen molar-refractivity contribution in [1.82, 2.24) is 4.72 Å². The van der Waals surface area contributed by atoms with Gasteiger partial charge in [-0.3, -0.25) is 0 Å². The predicted molar refractivity (Wildman–Crippen MR) is 83.0 cm³/mol. The van der Waals surface area contributed by atoms with E-state index in [2.05, 4.69) is 27.6 Å². The normalized spacial score (nSPS) is 22.4. The molecule has 7 heteroatoms. The highest BCUT2D eigenvalue weighted by molar-refractivity contribution is 9.10. The summed E-state index contributed by atoms with van der Waals surface area (Å²) in [5.41, 5.74) is 0.500. The number of sulfonamides is 1. The summed E-state index contributed by atoms with van der Waals surface area (Å²) in [7, 11) is -3.71. The Balaban J connectivity index is 2.34. The van der Waals surface area contributed by atoms with Gasteiger partial charge < -0.3 is 5.11 Å². The maximum Gasteiger partial charge on any atom is 0.336 e. The van der Waals surface area contributed by atoms with Crippen molar-refractivity contribution < 1.29 is 18.3 Å². The molecule has 2 N–H and O–H groups in total. The average Bonchev–Trinajstić information content (AvgIpc) is 2.76. The molecule has 0 aromatic heterocycles. The van der Waals surface area contributed by atoms with Crippen LogP contribution in [0, 0.1) is 12.8 Å². The third-order valence-corrected chi connectivity index (χ3v) is 6.20. The van der Waals surface area contributed by atoms with Crippen LogP contribution in [-0.2, 0) is 10.0 Å². The third kappa shape index (κ3) is 3.64. The van der Waals surface area contributed by atoms with Gasteiger partial charge in [0.25, 0.3) is 0 Å². The second-order valence-electron chi connectivity index (χ2n) is 5.62. The van der Waals surface area contributed by atoms with Crippen LogP contribution in [0.2, 0.25) is 0 Å². The third-order valence-electron chi connectivity index (χ3n) is 3.88. The molecule has 1 aromatic rings. The van der Waals surface area contributed by atoms with Crippen molar-refractivity contribution in [3.05, 3.63) is 27.7 Å². The lowest BCUT2D eigenvalue weighted by molar-refractivity contribution is 0.0695. The van der Waals surface area contributed by atoms with Crippen molar-refractivity contribution in [3.8, 4) is 0 Å². The number of halogens is 1. The Kier molecular flexibility index (Phi) is 4.75. The van der Waals surface area contributed by atoms with Gasteiger partial charge in [-0.2, -0.15) is 0 Å². The Morgan fingerprint density at radius 2 is 2.05 bits per heavy atom. The Morgan fingerprint density at radius 3 is 2.57 bits per heavy atom. The molecule has 21 heavy (non-hydrogen) atoms. The van der Waals surface area contributed by atoms with Gasteiger partial charge in [0.1, 0.15) is 0 Å². The number of carboxylic acid groups (broad SMARTS) is 1. The second-order valence-corrected chi connectivity index (χ2v) is 8.19. The van der Waals surface area contributed by atoms with Gasteiger partial charge in [-0.05, 0) is 49.8 Å². The molecule has 0 bridgehead atoms. The number of carboxylic acids is 1. The molecule has 0 spiro atoms. The first-order valence-corrected chi connectivity index (χ1v) is 9.04. The Labute approximate surface area is 132 Å². The number of hydrogen-bond donors (Lipinski definition) is 2. The molecular formula is C14H18BrNO4S. The quantitative estimate of drug-likeness (QED) is 0.847. The summed E-state index contributed by atoms with van der Waals surface area (Å²) in [4.78, 5) is 11.2. The molecule has 0 heterocycles. The van der Waals surface area contributed by atoms with E-state index < -0.39 is 16.0 Å². The largest absolute Gasteiger partial charge is 0.478 e. The minimum atomic E-state index is -3.71. The van der Waals surface area contributed by atoms with E-state index in [4.69, 9.17) is 5.11 Å². The van der Waals surface area contributed by atoms with Gasteiger partial charge in [-0.25, -0.2) is 17.9 Å². The average molecular weight is 376 g/mol. The van der Waals surface area contributed by atoms with E-state index in [1.54, 1.807) is 6.92 Å². The Hall–Kier alpha value is -0.920. The number of hydrogen-bond acceptors (Lipinski definition) is 3. The van der Waals surface area contributed by atoms with Gasteiger partial charge in [0, 0.05) is 10.5 Å². The van der Waals surface area contributed by atoms with E-state index in [9.17, 15) is 13.2 Å². The van der Waals surface area contributed by atoms with Crippen LogP contribution in [-0.4, -0.2) is 25.5 Å². The van der Waals surface area contributed by atoms with E-state index in [0.29, 0.717) is 16.0 Å². The molecule has 2 atom stereocenters. The van der Waals surface area contributed by atoms with Gasteiger partial charge in [-0.15, -0.1) is 0 Å². The van der Waals surface area contributed by atoms with Gasteiger partial charge in [-0.1, -0.05) is 22.9 Å². The van der Waals surface area contributed by atoms with Gasteiger partial charge in [0.05, 0.1) is 10.5 Å². The molecule has 1 fully saturated rings. The zero-order chi connectivity index (χ0) is 15.8. The predicted octanol–water partition coefficient (Wildman–Crippen LogP) is 2.92. The molecule has 1 saturated carbocycles. The summed E-state index contributed by atoms with van der Waals surface area (Å²) in [6, 6.07) is 2.59. The van der Waals surface area contributed by atoms with E-state index in [-0.39, 0.29) is 16.5 Å². The zero-order valence-electron chi connectivity index (χ0n) is 11.9. The zero-order valence-corrected chi connectivity index (χ0v) is 14.3. The summed E-state index contributed by atoms with van der Waals surface area (Å²) in [5.74, 6) is -0.628. The SMILES string of the molecule is Cc1c(Br)cc(S(=O)(=O)NC2CCC(C)C2)cc1C(=O)O. The summed E-state index contributed by atoms with van der Waals surface area (Å²) in [6.45, 7) is 3.73. The van der Waals surface area contributed by atoms with Crippen LogP contribution >= 0.6 is 15.9 Å². The summed E-state index contributed by atoms with van der Waals surface area (Å²) in [6.07, 6.45) is 2.64. The van der Waals surface area contributed by atoms with Crippen molar-refractivity contribution in [2.24, 2.45) is 5.92 Å². The molecular weight excluding hydrogens is 358 g/mol. The highest BCUT2D eigenvalue weighted by atomic mass is 79.9. The van der Waals surface area contributed by atoms with Gasteiger partial charge in [0.2, 0.25) is 10.0 Å². The standard InChI is InChI=1S/C14H18BrNO4S/c1-8-3-4-10(5-8)16-21(19,20)11-6-12(14(17)18)9(2)13(15)7-11/h6-8,10,16H,3-5H2,1-2H3,(H,17,18). The van der Waals surface area contributed by atoms with E-state index in [0.717, 1.165) is 19.3 Å². The van der Waals surface area contributed by atoms with Crippen LogP contribution in [0.5, 0.6) is 0 Å². The molecule has 1 aliphatic rings. The molecule has 0 saturated heterocycles. The van der Waals surface area contributed by atoms with Crippen LogP contribution in [0.4, 0.5) is 0 Å². The highest BCUT2D eigenvalue weighted by Crippen LogP contribution is 2.28. The molecule has 0 amide bonds. The van der Waals surface area contributed by atoms with Crippen molar-refractivity contribution >= 4 is 31.9 Å². The molecule has 1 aliphatic carbocycles. The number of carbonyl (C=O) groups is 1. The van der Waals surface area contributed by atoms with Crippen molar-refractivity contribution in [1.29, 1.82) is 0 Å². The minimum absolute atomic E-state index is 0.00969. The molecule has 116 valence electrons. The van der Waals surface area contributed by atoms with Crippen molar-refractivity contribution in [2.75, 3.05) is 0 Å². The number of benzene rings is 1. The minimum Gasteiger partial charge on any atom is -0.478 e. The lowest BCUT2D eigenvalue weighted by Crippen LogP contribution is -2.33.